The number of hydrogen-bond acceptors (Lipinski definition) is 4. The molecule has 0 saturated heterocycles. The molecule has 2 N–H and O–H groups in total. The molecule has 6 nitrogen and oxygen atoms in total. The summed E-state index contributed by atoms with van der Waals surface area (Å²) in [6, 6.07) is 4.85. The predicted octanol–water partition coefficient (Wildman–Crippen LogP) is 4.45. The first-order valence-corrected chi connectivity index (χ1v) is 12.1. The number of hydrogen-bond donors (Lipinski definition) is 2. The van der Waals surface area contributed by atoms with Gasteiger partial charge in [0.05, 0.1) is 11.8 Å². The summed E-state index contributed by atoms with van der Waals surface area (Å²) in [4.78, 5) is 23.7. The van der Waals surface area contributed by atoms with Crippen LogP contribution < -0.4 is 10.6 Å². The van der Waals surface area contributed by atoms with E-state index in [4.69, 9.17) is 0 Å². The lowest BCUT2D eigenvalue weighted by molar-refractivity contribution is -0.175. The van der Waals surface area contributed by atoms with Crippen molar-refractivity contribution in [2.45, 2.75) is 48.8 Å². The fraction of sp³-hybridized carbons (Fsp3) is 0.364. The van der Waals surface area contributed by atoms with Gasteiger partial charge in [-0.3, -0.25) is 9.59 Å². The maximum absolute atomic E-state index is 14.9. The number of amides is 2. The van der Waals surface area contributed by atoms with Crippen LogP contribution in [0.15, 0.2) is 36.4 Å². The topological polar surface area (TPSA) is 92.3 Å². The lowest BCUT2D eigenvalue weighted by Crippen LogP contribution is -2.53. The fourth-order valence-electron chi connectivity index (χ4n) is 3.53. The number of sulfone groups is 1. The highest BCUT2D eigenvalue weighted by atomic mass is 32.2. The molecule has 1 fully saturated rings. The first kappa shape index (κ1) is 28.3. The molecule has 15 heteroatoms. The Kier molecular flexibility index (Phi) is 7.34. The van der Waals surface area contributed by atoms with Gasteiger partial charge in [0.2, 0.25) is 5.91 Å². The van der Waals surface area contributed by atoms with Gasteiger partial charge in [0.15, 0.2) is 0 Å². The third-order valence-corrected chi connectivity index (χ3v) is 7.10. The van der Waals surface area contributed by atoms with E-state index in [1.165, 1.54) is 6.92 Å². The Morgan fingerprint density at radius 1 is 1.00 bits per heavy atom. The average Bonchev–Trinajstić information content (AvgIpc) is 3.54. The van der Waals surface area contributed by atoms with Gasteiger partial charge in [-0.05, 0) is 43.0 Å². The number of alkyl halides is 6. The molecule has 0 spiro atoms. The number of nitrogens with one attached hydrogen (secondary N) is 2. The summed E-state index contributed by atoms with van der Waals surface area (Å²) in [5, 5.41) is 3.91. The van der Waals surface area contributed by atoms with Crippen LogP contribution in [0.4, 0.5) is 35.1 Å². The molecule has 202 valence electrons. The minimum Gasteiger partial charge on any atom is -0.347 e. The SMILES string of the molecule is CC(NC(=O)C1(NC(=O)C(F)(F)F)CC1)c1ccc(-c2cccc(F)c2CS(=O)(=O)C(F)(F)F)cc1F. The Morgan fingerprint density at radius 3 is 2.14 bits per heavy atom. The molecule has 3 rings (SSSR count). The van der Waals surface area contributed by atoms with E-state index in [9.17, 15) is 53.1 Å². The molecule has 1 unspecified atom stereocenters. The maximum Gasteiger partial charge on any atom is 0.497 e. The van der Waals surface area contributed by atoms with Gasteiger partial charge in [-0.2, -0.15) is 26.3 Å². The van der Waals surface area contributed by atoms with Crippen molar-refractivity contribution in [1.29, 1.82) is 0 Å². The van der Waals surface area contributed by atoms with Gasteiger partial charge in [0.25, 0.3) is 9.84 Å². The summed E-state index contributed by atoms with van der Waals surface area (Å²) in [6.45, 7) is 1.29. The van der Waals surface area contributed by atoms with Gasteiger partial charge >= 0.3 is 17.6 Å². The molecule has 37 heavy (non-hydrogen) atoms. The zero-order chi connectivity index (χ0) is 28.0. The van der Waals surface area contributed by atoms with E-state index in [0.717, 1.165) is 36.4 Å². The predicted molar refractivity (Wildman–Crippen MR) is 113 cm³/mol. The van der Waals surface area contributed by atoms with Gasteiger partial charge < -0.3 is 10.6 Å². The highest BCUT2D eigenvalue weighted by Crippen LogP contribution is 2.38. The Balaban J connectivity index is 1.84. The van der Waals surface area contributed by atoms with Crippen molar-refractivity contribution in [3.8, 4) is 11.1 Å². The Labute approximate surface area is 205 Å². The molecule has 1 aliphatic carbocycles. The number of halogens is 8. The van der Waals surface area contributed by atoms with Gasteiger partial charge in [-0.25, -0.2) is 17.2 Å². The second kappa shape index (κ2) is 9.58. The lowest BCUT2D eigenvalue weighted by Gasteiger charge is -2.22. The highest BCUT2D eigenvalue weighted by molar-refractivity contribution is 7.91. The Bertz CT molecular complexity index is 1340. The molecule has 2 aromatic rings. The van der Waals surface area contributed by atoms with E-state index in [1.807, 2.05) is 0 Å². The molecule has 1 saturated carbocycles. The van der Waals surface area contributed by atoms with Crippen LogP contribution >= 0.6 is 0 Å². The Morgan fingerprint density at radius 2 is 1.62 bits per heavy atom. The molecular weight excluding hydrogens is 540 g/mol. The first-order valence-electron chi connectivity index (χ1n) is 10.4. The Hall–Kier alpha value is -3.23. The van der Waals surface area contributed by atoms with Crippen LogP contribution in [0.3, 0.4) is 0 Å². The summed E-state index contributed by atoms with van der Waals surface area (Å²) in [5.41, 5.74) is -8.93. The summed E-state index contributed by atoms with van der Waals surface area (Å²) in [7, 11) is -5.76. The number of benzene rings is 2. The van der Waals surface area contributed by atoms with E-state index in [0.29, 0.717) is 0 Å². The summed E-state index contributed by atoms with van der Waals surface area (Å²) in [5.74, 6) is -7.29. The van der Waals surface area contributed by atoms with E-state index in [2.05, 4.69) is 5.32 Å². The molecule has 0 bridgehead atoms. The molecule has 2 amide bonds. The molecule has 0 heterocycles. The zero-order valence-electron chi connectivity index (χ0n) is 18.7. The van der Waals surface area contributed by atoms with Crippen LogP contribution in [0.25, 0.3) is 11.1 Å². The summed E-state index contributed by atoms with van der Waals surface area (Å²) < 4.78 is 128. The van der Waals surface area contributed by atoms with Crippen molar-refractivity contribution < 1.29 is 53.1 Å². The number of rotatable bonds is 7. The third-order valence-electron chi connectivity index (χ3n) is 5.73. The van der Waals surface area contributed by atoms with Crippen LogP contribution in [0.1, 0.15) is 36.9 Å². The largest absolute Gasteiger partial charge is 0.497 e. The van der Waals surface area contributed by atoms with Crippen molar-refractivity contribution in [1.82, 2.24) is 10.6 Å². The standard InChI is InChI=1S/C22H18F8N2O4S/c1-11(31-18(33)20(7-8-20)32-19(34)21(25,26)27)13-6-5-12(9-17(13)24)14-3-2-4-16(23)15(14)10-37(35,36)22(28,29)30/h2-6,9,11H,7-8,10H2,1H3,(H,31,33)(H,32,34). The molecular formula is C22H18F8N2O4S. The maximum atomic E-state index is 14.9. The van der Waals surface area contributed by atoms with Gasteiger partial charge in [0, 0.05) is 11.1 Å². The van der Waals surface area contributed by atoms with Gasteiger partial charge in [-0.15, -0.1) is 0 Å². The smallest absolute Gasteiger partial charge is 0.347 e. The van der Waals surface area contributed by atoms with Crippen LogP contribution in [0.2, 0.25) is 0 Å². The van der Waals surface area contributed by atoms with E-state index >= 15 is 0 Å². The molecule has 2 aromatic carbocycles. The van der Waals surface area contributed by atoms with Crippen molar-refractivity contribution in [2.24, 2.45) is 0 Å². The lowest BCUT2D eigenvalue weighted by atomic mass is 9.97. The molecule has 1 atom stereocenters. The molecule has 1 aliphatic rings. The van der Waals surface area contributed by atoms with E-state index < -0.39 is 67.9 Å². The minimum atomic E-state index is -5.76. The third kappa shape index (κ3) is 6.02. The quantitative estimate of drug-likeness (QED) is 0.492. The number of carbonyl (C=O) groups excluding carboxylic acids is 2. The van der Waals surface area contributed by atoms with Crippen molar-refractivity contribution in [3.05, 3.63) is 59.2 Å². The van der Waals surface area contributed by atoms with E-state index in [1.54, 1.807) is 5.32 Å². The monoisotopic (exact) mass is 558 g/mol. The normalized spacial score (nSPS) is 16.1. The van der Waals surface area contributed by atoms with Crippen molar-refractivity contribution >= 4 is 21.7 Å². The molecule has 0 aliphatic heterocycles. The second-order valence-electron chi connectivity index (χ2n) is 8.44. The second-order valence-corrected chi connectivity index (χ2v) is 10.4. The number of carbonyl (C=O) groups is 2. The van der Waals surface area contributed by atoms with E-state index in [-0.39, 0.29) is 29.5 Å². The molecule has 0 radical (unpaired) electrons. The zero-order valence-corrected chi connectivity index (χ0v) is 19.5. The molecule has 0 aromatic heterocycles. The average molecular weight is 558 g/mol. The van der Waals surface area contributed by atoms with Crippen LogP contribution in [0, 0.1) is 11.6 Å². The minimum absolute atomic E-state index is 0.0715. The van der Waals surface area contributed by atoms with Gasteiger partial charge in [0.1, 0.15) is 17.2 Å². The van der Waals surface area contributed by atoms with Crippen LogP contribution in [-0.4, -0.2) is 37.5 Å². The highest BCUT2D eigenvalue weighted by Gasteiger charge is 2.55. The summed E-state index contributed by atoms with van der Waals surface area (Å²) >= 11 is 0. The van der Waals surface area contributed by atoms with Crippen molar-refractivity contribution in [3.63, 3.8) is 0 Å². The van der Waals surface area contributed by atoms with Gasteiger partial charge in [-0.1, -0.05) is 24.3 Å². The first-order chi connectivity index (χ1) is 16.9. The van der Waals surface area contributed by atoms with Crippen LogP contribution in [0.5, 0.6) is 0 Å². The fourth-order valence-corrected chi connectivity index (χ4v) is 4.37. The summed E-state index contributed by atoms with van der Waals surface area (Å²) in [6.07, 6.45) is -5.35. The van der Waals surface area contributed by atoms with Crippen molar-refractivity contribution in [2.75, 3.05) is 0 Å². The van der Waals surface area contributed by atoms with Crippen LogP contribution in [-0.2, 0) is 25.2 Å².